The molecule has 5 heteroatoms. The van der Waals surface area contributed by atoms with Crippen LogP contribution in [0.3, 0.4) is 0 Å². The van der Waals surface area contributed by atoms with Gasteiger partial charge in [-0.05, 0) is 13.0 Å². The zero-order valence-electron chi connectivity index (χ0n) is 10.2. The lowest BCUT2D eigenvalue weighted by Gasteiger charge is -2.15. The maximum atomic E-state index is 4.39. The summed E-state index contributed by atoms with van der Waals surface area (Å²) in [6.45, 7) is 3.08. The number of rotatable bonds is 5. The fourth-order valence-corrected chi connectivity index (χ4v) is 1.72. The van der Waals surface area contributed by atoms with Crippen LogP contribution in [0.2, 0.25) is 0 Å². The predicted octanol–water partition coefficient (Wildman–Crippen LogP) is 1.30. The topological polar surface area (TPSA) is 55.6 Å². The van der Waals surface area contributed by atoms with E-state index in [0.717, 1.165) is 24.2 Å². The summed E-state index contributed by atoms with van der Waals surface area (Å²) in [5.41, 5.74) is 2.04. The van der Waals surface area contributed by atoms with Crippen molar-refractivity contribution in [1.29, 1.82) is 0 Å². The Hall–Kier alpha value is -1.75. The molecule has 5 nitrogen and oxygen atoms in total. The summed E-state index contributed by atoms with van der Waals surface area (Å²) in [7, 11) is 1.97. The molecule has 0 spiro atoms. The van der Waals surface area contributed by atoms with E-state index in [1.54, 1.807) is 12.7 Å². The van der Waals surface area contributed by atoms with Gasteiger partial charge in [0.05, 0.1) is 18.1 Å². The normalized spacial score (nSPS) is 12.6. The summed E-state index contributed by atoms with van der Waals surface area (Å²) in [4.78, 5) is 12.5. The molecule has 0 amide bonds. The zero-order valence-corrected chi connectivity index (χ0v) is 10.2. The lowest BCUT2D eigenvalue weighted by molar-refractivity contribution is 0.584. The van der Waals surface area contributed by atoms with Crippen molar-refractivity contribution in [2.75, 3.05) is 6.54 Å². The van der Waals surface area contributed by atoms with Crippen LogP contribution in [-0.4, -0.2) is 26.1 Å². The maximum Gasteiger partial charge on any atom is 0.115 e. The van der Waals surface area contributed by atoms with Crippen LogP contribution in [0.1, 0.15) is 30.6 Å². The summed E-state index contributed by atoms with van der Waals surface area (Å²) >= 11 is 0. The Kier molecular flexibility index (Phi) is 3.82. The number of hydrogen-bond acceptors (Lipinski definition) is 4. The molecule has 2 heterocycles. The van der Waals surface area contributed by atoms with Crippen LogP contribution in [0, 0.1) is 0 Å². The van der Waals surface area contributed by atoms with E-state index >= 15 is 0 Å². The molecular formula is C12H17N5. The van der Waals surface area contributed by atoms with E-state index in [4.69, 9.17) is 0 Å². The molecule has 17 heavy (non-hydrogen) atoms. The molecule has 2 aromatic rings. The number of nitrogens with one attached hydrogen (secondary N) is 1. The van der Waals surface area contributed by atoms with Crippen molar-refractivity contribution in [2.45, 2.75) is 19.4 Å². The standard InChI is InChI=1S/C12H17N5/c1-3-4-15-12(10-5-13-8-14-6-10)11-7-17(2)9-16-11/h5-9,12,15H,3-4H2,1-2H3. The van der Waals surface area contributed by atoms with Crippen molar-refractivity contribution >= 4 is 0 Å². The summed E-state index contributed by atoms with van der Waals surface area (Å²) in [5, 5.41) is 3.46. The summed E-state index contributed by atoms with van der Waals surface area (Å²) in [5.74, 6) is 0. The van der Waals surface area contributed by atoms with Crippen molar-refractivity contribution in [3.63, 3.8) is 0 Å². The van der Waals surface area contributed by atoms with Crippen molar-refractivity contribution < 1.29 is 0 Å². The van der Waals surface area contributed by atoms with Gasteiger partial charge < -0.3 is 9.88 Å². The van der Waals surface area contributed by atoms with Gasteiger partial charge in [-0.1, -0.05) is 6.92 Å². The van der Waals surface area contributed by atoms with Crippen LogP contribution in [0.25, 0.3) is 0 Å². The molecule has 0 aliphatic carbocycles. The first-order valence-corrected chi connectivity index (χ1v) is 5.77. The zero-order chi connectivity index (χ0) is 12.1. The fraction of sp³-hybridized carbons (Fsp3) is 0.417. The molecule has 90 valence electrons. The minimum absolute atomic E-state index is 0.0670. The second kappa shape index (κ2) is 5.54. The predicted molar refractivity (Wildman–Crippen MR) is 65.4 cm³/mol. The molecule has 0 aliphatic heterocycles. The van der Waals surface area contributed by atoms with Crippen LogP contribution < -0.4 is 5.32 Å². The molecule has 2 aromatic heterocycles. The van der Waals surface area contributed by atoms with Gasteiger partial charge in [0, 0.05) is 31.2 Å². The van der Waals surface area contributed by atoms with Gasteiger partial charge in [0.15, 0.2) is 0 Å². The fourth-order valence-electron chi connectivity index (χ4n) is 1.72. The summed E-state index contributed by atoms with van der Waals surface area (Å²) in [6, 6.07) is 0.0670. The van der Waals surface area contributed by atoms with E-state index in [1.165, 1.54) is 0 Å². The number of aromatic nitrogens is 4. The van der Waals surface area contributed by atoms with Gasteiger partial charge in [-0.25, -0.2) is 15.0 Å². The van der Waals surface area contributed by atoms with Crippen molar-refractivity contribution in [3.05, 3.63) is 42.5 Å². The largest absolute Gasteiger partial charge is 0.340 e. The van der Waals surface area contributed by atoms with Gasteiger partial charge in [-0.3, -0.25) is 0 Å². The lowest BCUT2D eigenvalue weighted by Crippen LogP contribution is -2.23. The minimum atomic E-state index is 0.0670. The SMILES string of the molecule is CCCNC(c1cncnc1)c1cn(C)cn1. The second-order valence-corrected chi connectivity index (χ2v) is 4.02. The Bertz CT molecular complexity index is 451. The number of imidazole rings is 1. The van der Waals surface area contributed by atoms with Gasteiger partial charge in [0.1, 0.15) is 6.33 Å². The highest BCUT2D eigenvalue weighted by Gasteiger charge is 2.15. The molecule has 1 atom stereocenters. The third kappa shape index (κ3) is 2.88. The molecule has 0 bridgehead atoms. The number of hydrogen-bond donors (Lipinski definition) is 1. The second-order valence-electron chi connectivity index (χ2n) is 4.02. The lowest BCUT2D eigenvalue weighted by atomic mass is 10.1. The first kappa shape index (κ1) is 11.7. The smallest absolute Gasteiger partial charge is 0.115 e. The van der Waals surface area contributed by atoms with Crippen LogP contribution >= 0.6 is 0 Å². The first-order valence-electron chi connectivity index (χ1n) is 5.77. The quantitative estimate of drug-likeness (QED) is 0.842. The first-order chi connectivity index (χ1) is 8.31. The van der Waals surface area contributed by atoms with E-state index in [9.17, 15) is 0 Å². The van der Waals surface area contributed by atoms with Gasteiger partial charge in [0.2, 0.25) is 0 Å². The van der Waals surface area contributed by atoms with Gasteiger partial charge in [0.25, 0.3) is 0 Å². The van der Waals surface area contributed by atoms with Crippen molar-refractivity contribution in [2.24, 2.45) is 7.05 Å². The summed E-state index contributed by atoms with van der Waals surface area (Å²) in [6.07, 6.45) is 10.1. The summed E-state index contributed by atoms with van der Waals surface area (Å²) < 4.78 is 1.94. The molecular weight excluding hydrogens is 214 g/mol. The average Bonchev–Trinajstić information content (AvgIpc) is 2.78. The number of aryl methyl sites for hydroxylation is 1. The number of nitrogens with zero attached hydrogens (tertiary/aromatic N) is 4. The molecule has 0 saturated carbocycles. The molecule has 1 unspecified atom stereocenters. The van der Waals surface area contributed by atoms with Gasteiger partial charge in [-0.15, -0.1) is 0 Å². The third-order valence-electron chi connectivity index (χ3n) is 2.53. The monoisotopic (exact) mass is 231 g/mol. The van der Waals surface area contributed by atoms with Gasteiger partial charge in [-0.2, -0.15) is 0 Å². The van der Waals surface area contributed by atoms with E-state index in [1.807, 2.05) is 30.2 Å². The molecule has 0 aliphatic rings. The maximum absolute atomic E-state index is 4.39. The molecule has 0 saturated heterocycles. The molecule has 0 radical (unpaired) electrons. The molecule has 2 rings (SSSR count). The highest BCUT2D eigenvalue weighted by molar-refractivity contribution is 5.21. The van der Waals surface area contributed by atoms with Crippen LogP contribution in [-0.2, 0) is 7.05 Å². The van der Waals surface area contributed by atoms with Crippen LogP contribution in [0.4, 0.5) is 0 Å². The van der Waals surface area contributed by atoms with Crippen LogP contribution in [0.5, 0.6) is 0 Å². The molecule has 1 N–H and O–H groups in total. The highest BCUT2D eigenvalue weighted by Crippen LogP contribution is 2.18. The Morgan fingerprint density at radius 3 is 2.71 bits per heavy atom. The van der Waals surface area contributed by atoms with E-state index in [2.05, 4.69) is 27.2 Å². The Morgan fingerprint density at radius 1 is 1.35 bits per heavy atom. The third-order valence-corrected chi connectivity index (χ3v) is 2.53. The van der Waals surface area contributed by atoms with E-state index in [-0.39, 0.29) is 6.04 Å². The Balaban J connectivity index is 2.25. The van der Waals surface area contributed by atoms with Gasteiger partial charge >= 0.3 is 0 Å². The van der Waals surface area contributed by atoms with E-state index in [0.29, 0.717) is 0 Å². The Labute approximate surface area is 101 Å². The van der Waals surface area contributed by atoms with E-state index < -0.39 is 0 Å². The van der Waals surface area contributed by atoms with Crippen molar-refractivity contribution in [3.8, 4) is 0 Å². The van der Waals surface area contributed by atoms with Crippen LogP contribution in [0.15, 0.2) is 31.2 Å². The minimum Gasteiger partial charge on any atom is -0.340 e. The average molecular weight is 231 g/mol. The molecule has 0 fully saturated rings. The Morgan fingerprint density at radius 2 is 2.12 bits per heavy atom. The molecule has 0 aromatic carbocycles. The van der Waals surface area contributed by atoms with Crippen molar-refractivity contribution in [1.82, 2.24) is 24.8 Å². The highest BCUT2D eigenvalue weighted by atomic mass is 15.0.